The quantitative estimate of drug-likeness (QED) is 0.802. The number of Topliss-reactive ketones (excluding diaryl/α,β-unsaturated/α-hetero) is 1. The zero-order valence-electron chi connectivity index (χ0n) is 14.1. The number of nitrogens with zero attached hydrogens (tertiary/aromatic N) is 4. The molecular formula is C17H21FN4O2. The smallest absolute Gasteiger partial charge is 0.243 e. The van der Waals surface area contributed by atoms with Crippen LogP contribution in [-0.4, -0.2) is 47.0 Å². The summed E-state index contributed by atoms with van der Waals surface area (Å²) in [5.41, 5.74) is 0.941. The van der Waals surface area contributed by atoms with E-state index in [-0.39, 0.29) is 17.6 Å². The van der Waals surface area contributed by atoms with Crippen molar-refractivity contribution in [3.05, 3.63) is 41.3 Å². The van der Waals surface area contributed by atoms with Crippen molar-refractivity contribution in [2.24, 2.45) is 0 Å². The van der Waals surface area contributed by atoms with E-state index in [0.29, 0.717) is 36.1 Å². The topological polar surface area (TPSA) is 62.5 Å². The lowest BCUT2D eigenvalue weighted by atomic mass is 10.1. The van der Waals surface area contributed by atoms with Crippen molar-refractivity contribution < 1.29 is 13.7 Å². The molecule has 0 bridgehead atoms. The van der Waals surface area contributed by atoms with Crippen molar-refractivity contribution in [2.75, 3.05) is 31.1 Å². The number of rotatable bonds is 4. The molecule has 1 atom stereocenters. The summed E-state index contributed by atoms with van der Waals surface area (Å²) in [5.74, 6) is 0.756. The Morgan fingerprint density at radius 1 is 1.29 bits per heavy atom. The van der Waals surface area contributed by atoms with Gasteiger partial charge in [-0.15, -0.1) is 0 Å². The van der Waals surface area contributed by atoms with Gasteiger partial charge >= 0.3 is 0 Å². The second-order valence-electron chi connectivity index (χ2n) is 6.10. The minimum atomic E-state index is -0.350. The largest absolute Gasteiger partial charge is 0.367 e. The van der Waals surface area contributed by atoms with Crippen molar-refractivity contribution in [2.45, 2.75) is 26.8 Å². The average molecular weight is 332 g/mol. The number of hydrogen-bond donors (Lipinski definition) is 0. The van der Waals surface area contributed by atoms with Gasteiger partial charge < -0.3 is 9.42 Å². The molecule has 1 saturated heterocycles. The molecule has 1 aromatic carbocycles. The van der Waals surface area contributed by atoms with Crippen LogP contribution >= 0.6 is 0 Å². The second-order valence-corrected chi connectivity index (χ2v) is 6.10. The van der Waals surface area contributed by atoms with Crippen LogP contribution in [0.5, 0.6) is 0 Å². The molecule has 6 nitrogen and oxygen atoms in total. The van der Waals surface area contributed by atoms with E-state index in [1.54, 1.807) is 19.1 Å². The number of benzene rings is 1. The highest BCUT2D eigenvalue weighted by molar-refractivity contribution is 5.94. The van der Waals surface area contributed by atoms with Crippen molar-refractivity contribution >= 4 is 11.5 Å². The summed E-state index contributed by atoms with van der Waals surface area (Å²) in [6.07, 6.45) is 0. The van der Waals surface area contributed by atoms with Gasteiger partial charge in [0.15, 0.2) is 11.6 Å². The van der Waals surface area contributed by atoms with E-state index in [0.717, 1.165) is 13.1 Å². The zero-order chi connectivity index (χ0) is 17.3. The van der Waals surface area contributed by atoms with Gasteiger partial charge in [-0.25, -0.2) is 4.39 Å². The third kappa shape index (κ3) is 3.31. The molecule has 0 spiro atoms. The fourth-order valence-electron chi connectivity index (χ4n) is 2.97. The fraction of sp³-hybridized carbons (Fsp3) is 0.471. The molecule has 3 rings (SSSR count). The van der Waals surface area contributed by atoms with Crippen LogP contribution in [0.2, 0.25) is 0 Å². The molecule has 1 aliphatic heterocycles. The molecule has 1 unspecified atom stereocenters. The van der Waals surface area contributed by atoms with Crippen molar-refractivity contribution in [3.63, 3.8) is 0 Å². The number of carbonyl (C=O) groups excluding carboxylic acids is 1. The molecule has 0 radical (unpaired) electrons. The summed E-state index contributed by atoms with van der Waals surface area (Å²) in [7, 11) is 0. The molecule has 7 heteroatoms. The first kappa shape index (κ1) is 16.6. The molecule has 24 heavy (non-hydrogen) atoms. The van der Waals surface area contributed by atoms with E-state index >= 15 is 0 Å². The first-order valence-electron chi connectivity index (χ1n) is 8.05. The Hall–Kier alpha value is -2.28. The molecular weight excluding hydrogens is 311 g/mol. The highest BCUT2D eigenvalue weighted by Gasteiger charge is 2.26. The Morgan fingerprint density at radius 3 is 2.54 bits per heavy atom. The van der Waals surface area contributed by atoms with Crippen LogP contribution in [0, 0.1) is 12.7 Å². The third-order valence-electron chi connectivity index (χ3n) is 4.46. The van der Waals surface area contributed by atoms with Gasteiger partial charge in [0.2, 0.25) is 5.89 Å². The maximum atomic E-state index is 14.3. The van der Waals surface area contributed by atoms with Gasteiger partial charge in [0.1, 0.15) is 5.82 Å². The van der Waals surface area contributed by atoms with E-state index in [1.165, 1.54) is 13.0 Å². The summed E-state index contributed by atoms with van der Waals surface area (Å²) in [6.45, 7) is 8.22. The number of aromatic nitrogens is 2. The summed E-state index contributed by atoms with van der Waals surface area (Å²) < 4.78 is 19.5. The van der Waals surface area contributed by atoms with Gasteiger partial charge in [0.05, 0.1) is 11.7 Å². The van der Waals surface area contributed by atoms with E-state index < -0.39 is 0 Å². The summed E-state index contributed by atoms with van der Waals surface area (Å²) in [6, 6.07) is 4.72. The van der Waals surface area contributed by atoms with Crippen LogP contribution in [-0.2, 0) is 0 Å². The maximum Gasteiger partial charge on any atom is 0.243 e. The molecule has 128 valence electrons. The minimum absolute atomic E-state index is 0.0401. The lowest BCUT2D eigenvalue weighted by molar-refractivity contribution is 0.101. The lowest BCUT2D eigenvalue weighted by Gasteiger charge is -2.38. The van der Waals surface area contributed by atoms with Crippen LogP contribution in [0.3, 0.4) is 0 Å². The second kappa shape index (κ2) is 6.68. The number of carbonyl (C=O) groups is 1. The molecule has 1 aromatic heterocycles. The molecule has 0 saturated carbocycles. The van der Waals surface area contributed by atoms with E-state index in [4.69, 9.17) is 4.52 Å². The summed E-state index contributed by atoms with van der Waals surface area (Å²) in [4.78, 5) is 19.9. The predicted molar refractivity (Wildman–Crippen MR) is 87.6 cm³/mol. The number of hydrogen-bond acceptors (Lipinski definition) is 6. The number of halogens is 1. The van der Waals surface area contributed by atoms with Gasteiger partial charge in [-0.1, -0.05) is 5.16 Å². The van der Waals surface area contributed by atoms with Gasteiger partial charge in [0.25, 0.3) is 0 Å². The number of piperazine rings is 1. The van der Waals surface area contributed by atoms with Gasteiger partial charge in [-0.05, 0) is 39.0 Å². The SMILES string of the molecule is CC(=O)c1ccc(N2CCN(C(C)c3nc(C)no3)CC2)c(F)c1. The van der Waals surface area contributed by atoms with Crippen LogP contribution in [0.15, 0.2) is 22.7 Å². The molecule has 1 aliphatic rings. The zero-order valence-corrected chi connectivity index (χ0v) is 14.1. The number of ketones is 1. The number of aryl methyl sites for hydroxylation is 1. The van der Waals surface area contributed by atoms with Crippen molar-refractivity contribution in [1.29, 1.82) is 0 Å². The Kier molecular flexibility index (Phi) is 4.62. The predicted octanol–water partition coefficient (Wildman–Crippen LogP) is 2.60. The van der Waals surface area contributed by atoms with Crippen LogP contribution in [0.4, 0.5) is 10.1 Å². The highest BCUT2D eigenvalue weighted by Crippen LogP contribution is 2.25. The summed E-state index contributed by atoms with van der Waals surface area (Å²) in [5, 5.41) is 3.83. The van der Waals surface area contributed by atoms with Gasteiger partial charge in [-0.2, -0.15) is 4.98 Å². The lowest BCUT2D eigenvalue weighted by Crippen LogP contribution is -2.47. The van der Waals surface area contributed by atoms with Gasteiger partial charge in [-0.3, -0.25) is 9.69 Å². The first-order chi connectivity index (χ1) is 11.5. The Morgan fingerprint density at radius 2 is 2.00 bits per heavy atom. The molecule has 0 amide bonds. The number of anilines is 1. The molecule has 0 aliphatic carbocycles. The normalized spacial score (nSPS) is 17.1. The summed E-state index contributed by atoms with van der Waals surface area (Å²) >= 11 is 0. The molecule has 2 heterocycles. The van der Waals surface area contributed by atoms with Gasteiger partial charge in [0, 0.05) is 31.7 Å². The Bertz CT molecular complexity index is 738. The molecule has 0 N–H and O–H groups in total. The Balaban J connectivity index is 1.66. The average Bonchev–Trinajstić information content (AvgIpc) is 3.00. The third-order valence-corrected chi connectivity index (χ3v) is 4.46. The van der Waals surface area contributed by atoms with E-state index in [9.17, 15) is 9.18 Å². The van der Waals surface area contributed by atoms with Crippen LogP contribution in [0.25, 0.3) is 0 Å². The molecule has 1 fully saturated rings. The highest BCUT2D eigenvalue weighted by atomic mass is 19.1. The monoisotopic (exact) mass is 332 g/mol. The van der Waals surface area contributed by atoms with E-state index in [1.807, 2.05) is 11.8 Å². The Labute approximate surface area is 140 Å². The molecule has 2 aromatic rings. The standard InChI is InChI=1S/C17H21FN4O2/c1-11(17-19-13(3)20-24-17)21-6-8-22(9-7-21)16-5-4-14(12(2)23)10-15(16)18/h4-5,10-11H,6-9H2,1-3H3. The minimum Gasteiger partial charge on any atom is -0.367 e. The van der Waals surface area contributed by atoms with E-state index in [2.05, 4.69) is 15.0 Å². The fourth-order valence-corrected chi connectivity index (χ4v) is 2.97. The van der Waals surface area contributed by atoms with Crippen LogP contribution < -0.4 is 4.90 Å². The maximum absolute atomic E-state index is 14.3. The first-order valence-corrected chi connectivity index (χ1v) is 8.05. The van der Waals surface area contributed by atoms with Crippen molar-refractivity contribution in [1.82, 2.24) is 15.0 Å². The van der Waals surface area contributed by atoms with Crippen molar-refractivity contribution in [3.8, 4) is 0 Å². The van der Waals surface area contributed by atoms with Crippen LogP contribution in [0.1, 0.15) is 42.0 Å².